The molecule has 1 atom stereocenters. The lowest BCUT2D eigenvalue weighted by Crippen LogP contribution is -2.26. The molecule has 0 unspecified atom stereocenters. The Hall–Kier alpha value is -3.04. The van der Waals surface area contributed by atoms with E-state index in [1.807, 2.05) is 64.3 Å². The van der Waals surface area contributed by atoms with Gasteiger partial charge in [0.05, 0.1) is 6.04 Å². The van der Waals surface area contributed by atoms with Gasteiger partial charge in [0.25, 0.3) is 0 Å². The van der Waals surface area contributed by atoms with Gasteiger partial charge in [0.2, 0.25) is 17.5 Å². The number of oxazole rings is 1. The summed E-state index contributed by atoms with van der Waals surface area (Å²) in [6.45, 7) is 4.43. The number of hydrogen-bond acceptors (Lipinski definition) is 6. The van der Waals surface area contributed by atoms with Gasteiger partial charge in [-0.15, -0.1) is 0 Å². The number of benzene rings is 1. The fourth-order valence-electron chi connectivity index (χ4n) is 2.80. The van der Waals surface area contributed by atoms with E-state index in [1.54, 1.807) is 0 Å². The molecular weight excluding hydrogens is 328 g/mol. The Morgan fingerprint density at radius 3 is 2.54 bits per heavy atom. The summed E-state index contributed by atoms with van der Waals surface area (Å²) in [5.74, 6) is 2.54. The fourth-order valence-corrected chi connectivity index (χ4v) is 2.80. The number of anilines is 1. The average molecular weight is 350 g/mol. The van der Waals surface area contributed by atoms with Crippen LogP contribution in [0.15, 0.2) is 45.2 Å². The van der Waals surface area contributed by atoms with Gasteiger partial charge in [0.15, 0.2) is 0 Å². The summed E-state index contributed by atoms with van der Waals surface area (Å²) in [6.07, 6.45) is 0. The van der Waals surface area contributed by atoms with Crippen LogP contribution >= 0.6 is 0 Å². The number of nitriles is 1. The maximum Gasteiger partial charge on any atom is 0.232 e. The Labute approximate surface area is 153 Å². The standard InChI is InChI=1S/C20H22N4O2/c1-13-7-5-6-8-15(13)19-23-16(11-21)20(26-19)22-12-17(24(3)4)18-10-9-14(2)25-18/h5-10,17,22H,12H2,1-4H3/t17-/m0/s1. The molecule has 6 nitrogen and oxygen atoms in total. The first kappa shape index (κ1) is 17.8. The molecule has 3 rings (SSSR count). The van der Waals surface area contributed by atoms with Gasteiger partial charge in [0.1, 0.15) is 17.6 Å². The van der Waals surface area contributed by atoms with Gasteiger partial charge in [-0.05, 0) is 51.7 Å². The molecule has 0 saturated carbocycles. The van der Waals surface area contributed by atoms with Gasteiger partial charge in [0, 0.05) is 12.1 Å². The lowest BCUT2D eigenvalue weighted by atomic mass is 10.1. The normalized spacial score (nSPS) is 12.2. The second-order valence-electron chi connectivity index (χ2n) is 6.43. The van der Waals surface area contributed by atoms with E-state index in [0.29, 0.717) is 18.3 Å². The summed E-state index contributed by atoms with van der Waals surface area (Å²) in [6, 6.07) is 13.8. The molecule has 0 spiro atoms. The maximum absolute atomic E-state index is 9.40. The van der Waals surface area contributed by atoms with Crippen LogP contribution < -0.4 is 5.32 Å². The number of aromatic nitrogens is 1. The minimum Gasteiger partial charge on any atom is -0.465 e. The lowest BCUT2D eigenvalue weighted by Gasteiger charge is -2.22. The first-order chi connectivity index (χ1) is 12.5. The number of nitrogens with zero attached hydrogens (tertiary/aromatic N) is 3. The molecule has 0 aliphatic carbocycles. The highest BCUT2D eigenvalue weighted by molar-refractivity contribution is 5.62. The summed E-state index contributed by atoms with van der Waals surface area (Å²) in [5, 5.41) is 12.6. The Morgan fingerprint density at radius 2 is 1.92 bits per heavy atom. The zero-order valence-corrected chi connectivity index (χ0v) is 15.4. The van der Waals surface area contributed by atoms with E-state index in [-0.39, 0.29) is 11.7 Å². The molecule has 0 aliphatic heterocycles. The molecule has 6 heteroatoms. The summed E-state index contributed by atoms with van der Waals surface area (Å²) in [4.78, 5) is 6.38. The van der Waals surface area contributed by atoms with Crippen LogP contribution in [0.25, 0.3) is 11.5 Å². The van der Waals surface area contributed by atoms with Crippen molar-refractivity contribution in [2.75, 3.05) is 26.0 Å². The van der Waals surface area contributed by atoms with Gasteiger partial charge in [-0.25, -0.2) is 0 Å². The SMILES string of the molecule is Cc1ccc([C@H](CNc2oc(-c3ccccc3C)nc2C#N)N(C)C)o1. The third kappa shape index (κ3) is 3.63. The maximum atomic E-state index is 9.40. The predicted octanol–water partition coefficient (Wildman–Crippen LogP) is 4.14. The summed E-state index contributed by atoms with van der Waals surface area (Å²) >= 11 is 0. The quantitative estimate of drug-likeness (QED) is 0.720. The third-order valence-electron chi connectivity index (χ3n) is 4.28. The molecule has 1 N–H and O–H groups in total. The van der Waals surface area contributed by atoms with Crippen molar-refractivity contribution in [3.05, 3.63) is 59.2 Å². The molecule has 26 heavy (non-hydrogen) atoms. The topological polar surface area (TPSA) is 78.2 Å². The van der Waals surface area contributed by atoms with Crippen molar-refractivity contribution >= 4 is 5.88 Å². The van der Waals surface area contributed by atoms with Crippen LogP contribution in [-0.2, 0) is 0 Å². The monoisotopic (exact) mass is 350 g/mol. The smallest absolute Gasteiger partial charge is 0.232 e. The number of furan rings is 1. The van der Waals surface area contributed by atoms with Gasteiger partial charge >= 0.3 is 0 Å². The molecule has 0 saturated heterocycles. The van der Waals surface area contributed by atoms with Crippen molar-refractivity contribution < 1.29 is 8.83 Å². The first-order valence-corrected chi connectivity index (χ1v) is 8.43. The number of hydrogen-bond donors (Lipinski definition) is 1. The molecule has 134 valence electrons. The summed E-state index contributed by atoms with van der Waals surface area (Å²) in [5.41, 5.74) is 2.17. The Bertz CT molecular complexity index is 933. The van der Waals surface area contributed by atoms with E-state index in [4.69, 9.17) is 8.83 Å². The van der Waals surface area contributed by atoms with E-state index >= 15 is 0 Å². The summed E-state index contributed by atoms with van der Waals surface area (Å²) < 4.78 is 11.6. The van der Waals surface area contributed by atoms with Gasteiger partial charge in [-0.1, -0.05) is 18.2 Å². The molecule has 0 radical (unpaired) electrons. The van der Waals surface area contributed by atoms with Crippen LogP contribution in [0.4, 0.5) is 5.88 Å². The number of nitrogens with one attached hydrogen (secondary N) is 1. The van der Waals surface area contributed by atoms with Crippen molar-refractivity contribution in [1.82, 2.24) is 9.88 Å². The highest BCUT2D eigenvalue weighted by Crippen LogP contribution is 2.28. The fraction of sp³-hybridized carbons (Fsp3) is 0.300. The van der Waals surface area contributed by atoms with Crippen LogP contribution in [-0.4, -0.2) is 30.5 Å². The lowest BCUT2D eigenvalue weighted by molar-refractivity contribution is 0.265. The third-order valence-corrected chi connectivity index (χ3v) is 4.28. The number of likely N-dealkylation sites (N-methyl/N-ethyl adjacent to an activating group) is 1. The van der Waals surface area contributed by atoms with E-state index < -0.39 is 0 Å². The van der Waals surface area contributed by atoms with Crippen molar-refractivity contribution in [3.63, 3.8) is 0 Å². The minimum absolute atomic E-state index is 0.00209. The second-order valence-corrected chi connectivity index (χ2v) is 6.43. The Balaban J connectivity index is 1.83. The summed E-state index contributed by atoms with van der Waals surface area (Å²) in [7, 11) is 3.96. The van der Waals surface area contributed by atoms with E-state index in [2.05, 4.69) is 21.3 Å². The van der Waals surface area contributed by atoms with Gasteiger partial charge in [-0.3, -0.25) is 4.90 Å². The van der Waals surface area contributed by atoms with Crippen molar-refractivity contribution in [3.8, 4) is 17.5 Å². The van der Waals surface area contributed by atoms with Crippen molar-refractivity contribution in [1.29, 1.82) is 5.26 Å². The molecule has 2 heterocycles. The highest BCUT2D eigenvalue weighted by Gasteiger charge is 2.21. The molecule has 1 aromatic carbocycles. The molecule has 0 bridgehead atoms. The van der Waals surface area contributed by atoms with Crippen molar-refractivity contribution in [2.24, 2.45) is 0 Å². The molecular formula is C20H22N4O2. The molecule has 2 aromatic heterocycles. The predicted molar refractivity (Wildman–Crippen MR) is 99.8 cm³/mol. The Morgan fingerprint density at radius 1 is 1.15 bits per heavy atom. The van der Waals surface area contributed by atoms with Crippen LogP contribution in [0.1, 0.15) is 28.8 Å². The van der Waals surface area contributed by atoms with E-state index in [0.717, 1.165) is 22.6 Å². The van der Waals surface area contributed by atoms with Crippen LogP contribution in [0.3, 0.4) is 0 Å². The largest absolute Gasteiger partial charge is 0.465 e. The van der Waals surface area contributed by atoms with Gasteiger partial charge in [-0.2, -0.15) is 10.2 Å². The zero-order chi connectivity index (χ0) is 18.7. The number of rotatable bonds is 6. The number of aryl methyl sites for hydroxylation is 2. The minimum atomic E-state index is 0.00209. The van der Waals surface area contributed by atoms with Crippen LogP contribution in [0, 0.1) is 25.2 Å². The molecule has 0 aliphatic rings. The molecule has 0 amide bonds. The molecule has 0 fully saturated rings. The van der Waals surface area contributed by atoms with Crippen LogP contribution in [0.5, 0.6) is 0 Å². The van der Waals surface area contributed by atoms with Gasteiger partial charge < -0.3 is 14.2 Å². The van der Waals surface area contributed by atoms with E-state index in [9.17, 15) is 5.26 Å². The molecule has 3 aromatic rings. The zero-order valence-electron chi connectivity index (χ0n) is 15.4. The van der Waals surface area contributed by atoms with E-state index in [1.165, 1.54) is 0 Å². The highest BCUT2D eigenvalue weighted by atomic mass is 16.4. The second kappa shape index (κ2) is 7.46. The first-order valence-electron chi connectivity index (χ1n) is 8.43. The average Bonchev–Trinajstić information content (AvgIpc) is 3.21. The van der Waals surface area contributed by atoms with Crippen molar-refractivity contribution in [2.45, 2.75) is 19.9 Å². The Kier molecular flexibility index (Phi) is 5.10. The van der Waals surface area contributed by atoms with Crippen LogP contribution in [0.2, 0.25) is 0 Å².